The van der Waals surface area contributed by atoms with Crippen LogP contribution in [0, 0.1) is 13.8 Å². The normalized spacial score (nSPS) is 10.5. The quantitative estimate of drug-likeness (QED) is 0.329. The van der Waals surface area contributed by atoms with Gasteiger partial charge in [0, 0.05) is 0 Å². The van der Waals surface area contributed by atoms with Crippen LogP contribution in [0.2, 0.25) is 0 Å². The van der Waals surface area contributed by atoms with Crippen LogP contribution in [-0.4, -0.2) is 0 Å². The molecule has 0 saturated heterocycles. The van der Waals surface area contributed by atoms with Gasteiger partial charge in [-0.1, -0.05) is 114 Å². The molecule has 0 nitrogen and oxygen atoms in total. The molecule has 0 unspecified atom stereocenters. The summed E-state index contributed by atoms with van der Waals surface area (Å²) in [5.74, 6) is 0. The molecule has 0 atom stereocenters. The van der Waals surface area contributed by atoms with E-state index < -0.39 is 0 Å². The maximum absolute atomic E-state index is 2.33. The van der Waals surface area contributed by atoms with Crippen molar-refractivity contribution in [2.24, 2.45) is 0 Å². The van der Waals surface area contributed by atoms with Gasteiger partial charge < -0.3 is 0 Å². The molecule has 136 valence electrons. The molecule has 0 N–H and O–H groups in total. The van der Waals surface area contributed by atoms with Gasteiger partial charge in [-0.2, -0.15) is 0 Å². The molecule has 0 aromatic heterocycles. The van der Waals surface area contributed by atoms with Gasteiger partial charge in [-0.05, 0) is 53.3 Å². The van der Waals surface area contributed by atoms with Gasteiger partial charge in [-0.3, -0.25) is 0 Å². The van der Waals surface area contributed by atoms with E-state index in [9.17, 15) is 0 Å². The maximum atomic E-state index is 2.33. The zero-order valence-corrected chi connectivity index (χ0v) is 16.4. The Bertz CT molecular complexity index is 1040. The van der Waals surface area contributed by atoms with Crippen molar-refractivity contribution in [2.75, 3.05) is 0 Å². The van der Waals surface area contributed by atoms with E-state index in [4.69, 9.17) is 0 Å². The summed E-state index contributed by atoms with van der Waals surface area (Å²) in [6.07, 6.45) is 2.33. The summed E-state index contributed by atoms with van der Waals surface area (Å²) < 4.78 is 0. The molecule has 4 aromatic rings. The Kier molecular flexibility index (Phi) is 5.21. The van der Waals surface area contributed by atoms with Crippen molar-refractivity contribution in [1.82, 2.24) is 0 Å². The SMILES string of the molecule is Cc1ccc(-c2ccc(C)cc2C=C(c2ccccc2)c2ccccc2)cc1. The minimum atomic E-state index is 1.23. The van der Waals surface area contributed by atoms with Crippen LogP contribution in [0.15, 0.2) is 103 Å². The van der Waals surface area contributed by atoms with Crippen LogP contribution in [0.25, 0.3) is 22.8 Å². The first-order chi connectivity index (χ1) is 13.7. The topological polar surface area (TPSA) is 0 Å². The molecule has 0 radical (unpaired) electrons. The van der Waals surface area contributed by atoms with Crippen molar-refractivity contribution in [3.8, 4) is 11.1 Å². The second-order valence-corrected chi connectivity index (χ2v) is 7.25. The second kappa shape index (κ2) is 8.10. The van der Waals surface area contributed by atoms with Gasteiger partial charge in [0.2, 0.25) is 0 Å². The van der Waals surface area contributed by atoms with E-state index in [1.54, 1.807) is 0 Å². The average Bonchev–Trinajstić information content (AvgIpc) is 2.74. The fourth-order valence-corrected chi connectivity index (χ4v) is 3.52. The molecule has 0 aliphatic carbocycles. The summed E-state index contributed by atoms with van der Waals surface area (Å²) >= 11 is 0. The second-order valence-electron chi connectivity index (χ2n) is 7.25. The van der Waals surface area contributed by atoms with Crippen LogP contribution in [0.5, 0.6) is 0 Å². The summed E-state index contributed by atoms with van der Waals surface area (Å²) in [4.78, 5) is 0. The molecular formula is C28H24. The van der Waals surface area contributed by atoms with E-state index in [1.807, 2.05) is 0 Å². The molecule has 0 aliphatic heterocycles. The number of hydrogen-bond acceptors (Lipinski definition) is 0. The Balaban J connectivity index is 1.91. The predicted octanol–water partition coefficient (Wildman–Crippen LogP) is 7.56. The highest BCUT2D eigenvalue weighted by Crippen LogP contribution is 2.31. The molecule has 0 aliphatic rings. The molecule has 0 heterocycles. The van der Waals surface area contributed by atoms with Crippen molar-refractivity contribution >= 4 is 11.6 Å². The molecule has 28 heavy (non-hydrogen) atoms. The Morgan fingerprint density at radius 2 is 1.11 bits per heavy atom. The van der Waals surface area contributed by atoms with E-state index in [0.29, 0.717) is 0 Å². The third-order valence-corrected chi connectivity index (χ3v) is 5.04. The monoisotopic (exact) mass is 360 g/mol. The van der Waals surface area contributed by atoms with Crippen molar-refractivity contribution < 1.29 is 0 Å². The molecule has 0 amide bonds. The molecule has 0 bridgehead atoms. The molecule has 4 aromatic carbocycles. The lowest BCUT2D eigenvalue weighted by Crippen LogP contribution is -1.91. The van der Waals surface area contributed by atoms with E-state index in [-0.39, 0.29) is 0 Å². The van der Waals surface area contributed by atoms with Crippen LogP contribution in [0.4, 0.5) is 0 Å². The van der Waals surface area contributed by atoms with Gasteiger partial charge in [-0.15, -0.1) is 0 Å². The summed E-state index contributed by atoms with van der Waals surface area (Å²) in [5, 5.41) is 0. The van der Waals surface area contributed by atoms with E-state index in [0.717, 1.165) is 0 Å². The first-order valence-electron chi connectivity index (χ1n) is 9.71. The highest BCUT2D eigenvalue weighted by molar-refractivity contribution is 5.94. The van der Waals surface area contributed by atoms with E-state index >= 15 is 0 Å². The summed E-state index contributed by atoms with van der Waals surface area (Å²) in [6, 6.07) is 36.7. The molecular weight excluding hydrogens is 336 g/mol. The van der Waals surface area contributed by atoms with Crippen LogP contribution >= 0.6 is 0 Å². The number of rotatable bonds is 4. The number of hydrogen-bond donors (Lipinski definition) is 0. The highest BCUT2D eigenvalue weighted by atomic mass is 14.1. The molecule has 4 rings (SSSR count). The maximum Gasteiger partial charge on any atom is -0.0105 e. The van der Waals surface area contributed by atoms with Gasteiger partial charge in [-0.25, -0.2) is 0 Å². The summed E-state index contributed by atoms with van der Waals surface area (Å²) in [6.45, 7) is 4.28. The first-order valence-corrected chi connectivity index (χ1v) is 9.71. The Hall–Kier alpha value is -3.38. The summed E-state index contributed by atoms with van der Waals surface area (Å²) in [7, 11) is 0. The van der Waals surface area contributed by atoms with Gasteiger partial charge in [0.15, 0.2) is 0 Å². The van der Waals surface area contributed by atoms with Crippen LogP contribution < -0.4 is 0 Å². The highest BCUT2D eigenvalue weighted by Gasteiger charge is 2.09. The predicted molar refractivity (Wildman–Crippen MR) is 121 cm³/mol. The van der Waals surface area contributed by atoms with Gasteiger partial charge in [0.1, 0.15) is 0 Å². The lowest BCUT2D eigenvalue weighted by molar-refractivity contribution is 1.43. The van der Waals surface area contributed by atoms with Crippen molar-refractivity contribution in [1.29, 1.82) is 0 Å². The molecule has 0 heteroatoms. The van der Waals surface area contributed by atoms with Crippen molar-refractivity contribution in [2.45, 2.75) is 13.8 Å². The van der Waals surface area contributed by atoms with E-state index in [1.165, 1.54) is 44.5 Å². The largest absolute Gasteiger partial charge is 0.0622 e. The third kappa shape index (κ3) is 3.97. The average molecular weight is 361 g/mol. The zero-order chi connectivity index (χ0) is 19.3. The van der Waals surface area contributed by atoms with E-state index in [2.05, 4.69) is 123 Å². The lowest BCUT2D eigenvalue weighted by Gasteiger charge is -2.13. The molecule has 0 spiro atoms. The smallest absolute Gasteiger partial charge is 0.0105 e. The minimum Gasteiger partial charge on any atom is -0.0622 e. The van der Waals surface area contributed by atoms with Gasteiger partial charge in [0.25, 0.3) is 0 Å². The molecule has 0 fully saturated rings. The van der Waals surface area contributed by atoms with Gasteiger partial charge in [0.05, 0.1) is 0 Å². The summed E-state index contributed by atoms with van der Waals surface area (Å²) in [5.41, 5.74) is 9.99. The Morgan fingerprint density at radius 3 is 1.68 bits per heavy atom. The van der Waals surface area contributed by atoms with Crippen LogP contribution in [0.3, 0.4) is 0 Å². The third-order valence-electron chi connectivity index (χ3n) is 5.04. The number of benzene rings is 4. The Morgan fingerprint density at radius 1 is 0.571 bits per heavy atom. The lowest BCUT2D eigenvalue weighted by atomic mass is 9.91. The standard InChI is InChI=1S/C28H24/c1-21-13-16-25(17-14-21)27-18-15-22(2)19-26(27)20-28(23-9-5-3-6-10-23)24-11-7-4-8-12-24/h3-20H,1-2H3. The Labute approximate surface area is 167 Å². The van der Waals surface area contributed by atoms with Crippen molar-refractivity contribution in [3.63, 3.8) is 0 Å². The van der Waals surface area contributed by atoms with Crippen LogP contribution in [-0.2, 0) is 0 Å². The first kappa shape index (κ1) is 18.0. The minimum absolute atomic E-state index is 1.23. The molecule has 0 saturated carbocycles. The fourth-order valence-electron chi connectivity index (χ4n) is 3.52. The fraction of sp³-hybridized carbons (Fsp3) is 0.0714. The van der Waals surface area contributed by atoms with Gasteiger partial charge >= 0.3 is 0 Å². The number of aryl methyl sites for hydroxylation is 2. The zero-order valence-electron chi connectivity index (χ0n) is 16.4. The van der Waals surface area contributed by atoms with Crippen LogP contribution in [0.1, 0.15) is 27.8 Å². The van der Waals surface area contributed by atoms with Crippen molar-refractivity contribution in [3.05, 3.63) is 131 Å².